The number of aromatic amines is 1. The molecule has 6 heteroatoms. The van der Waals surface area contributed by atoms with Crippen molar-refractivity contribution in [2.75, 3.05) is 34.5 Å². The number of carbonyl (C=O) groups excluding carboxylic acids is 1. The second-order valence-corrected chi connectivity index (χ2v) is 6.50. The summed E-state index contributed by atoms with van der Waals surface area (Å²) in [4.78, 5) is 15.9. The Morgan fingerprint density at radius 1 is 1.07 bits per heavy atom. The lowest BCUT2D eigenvalue weighted by atomic mass is 9.87. The maximum Gasteiger partial charge on any atom is 0.221 e. The average molecular weight is 382 g/mol. The third kappa shape index (κ3) is 4.28. The molecule has 0 unspecified atom stereocenters. The Balaban J connectivity index is 1.98. The number of hydrogen-bond donors (Lipinski definition) is 2. The molecule has 0 saturated carbocycles. The van der Waals surface area contributed by atoms with Gasteiger partial charge in [0, 0.05) is 43.1 Å². The highest BCUT2D eigenvalue weighted by molar-refractivity contribution is 5.86. The van der Waals surface area contributed by atoms with Gasteiger partial charge in [0.05, 0.1) is 20.8 Å². The number of hydrogen-bond acceptors (Lipinski definition) is 4. The zero-order valence-electron chi connectivity index (χ0n) is 16.5. The lowest BCUT2D eigenvalue weighted by Crippen LogP contribution is -2.28. The van der Waals surface area contributed by atoms with Gasteiger partial charge in [-0.25, -0.2) is 0 Å². The van der Waals surface area contributed by atoms with E-state index in [9.17, 15) is 4.79 Å². The zero-order valence-corrected chi connectivity index (χ0v) is 16.5. The van der Waals surface area contributed by atoms with E-state index in [1.54, 1.807) is 21.3 Å². The van der Waals surface area contributed by atoms with Gasteiger partial charge in [-0.3, -0.25) is 4.79 Å². The summed E-state index contributed by atoms with van der Waals surface area (Å²) < 4.78 is 15.8. The van der Waals surface area contributed by atoms with Crippen LogP contribution in [-0.4, -0.2) is 45.4 Å². The number of aromatic nitrogens is 1. The van der Waals surface area contributed by atoms with E-state index in [0.717, 1.165) is 22.0 Å². The fraction of sp³-hybridized carbons (Fsp3) is 0.318. The second kappa shape index (κ2) is 9.28. The van der Waals surface area contributed by atoms with Gasteiger partial charge in [0.1, 0.15) is 0 Å². The van der Waals surface area contributed by atoms with Crippen molar-refractivity contribution in [3.05, 3.63) is 59.8 Å². The minimum atomic E-state index is -0.126. The summed E-state index contributed by atoms with van der Waals surface area (Å²) in [6.45, 7) is 0.974. The van der Waals surface area contributed by atoms with E-state index in [1.165, 1.54) is 0 Å². The molecule has 1 heterocycles. The molecular formula is C22H26N2O4. The van der Waals surface area contributed by atoms with Crippen LogP contribution in [0.2, 0.25) is 0 Å². The minimum absolute atomic E-state index is 0.0258. The molecule has 28 heavy (non-hydrogen) atoms. The normalized spacial score (nSPS) is 12.0. The van der Waals surface area contributed by atoms with Crippen LogP contribution in [0.25, 0.3) is 10.9 Å². The van der Waals surface area contributed by atoms with Gasteiger partial charge in [0.2, 0.25) is 5.91 Å². The van der Waals surface area contributed by atoms with Crippen LogP contribution in [0, 0.1) is 0 Å². The van der Waals surface area contributed by atoms with Crippen molar-refractivity contribution >= 4 is 16.8 Å². The summed E-state index contributed by atoms with van der Waals surface area (Å²) in [5.41, 5.74) is 3.11. The predicted octanol–water partition coefficient (Wildman–Crippen LogP) is 3.47. The van der Waals surface area contributed by atoms with Crippen molar-refractivity contribution in [3.63, 3.8) is 0 Å². The third-order valence-corrected chi connectivity index (χ3v) is 4.82. The molecule has 1 atom stereocenters. The molecule has 2 N–H and O–H groups in total. The molecule has 3 aromatic rings. The lowest BCUT2D eigenvalue weighted by molar-refractivity contribution is -0.121. The first-order valence-corrected chi connectivity index (χ1v) is 9.21. The number of H-pyrrole nitrogens is 1. The number of methoxy groups -OCH3 is 3. The number of carbonyl (C=O) groups is 1. The van der Waals surface area contributed by atoms with Gasteiger partial charge in [-0.05, 0) is 29.3 Å². The summed E-state index contributed by atoms with van der Waals surface area (Å²) in [5.74, 6) is 1.15. The zero-order chi connectivity index (χ0) is 19.9. The number of fused-ring (bicyclic) bond motifs is 1. The Kier molecular flexibility index (Phi) is 6.55. The number of nitrogens with one attached hydrogen (secondary N) is 2. The van der Waals surface area contributed by atoms with Crippen LogP contribution in [0.3, 0.4) is 0 Å². The molecule has 0 bridgehead atoms. The molecule has 2 aromatic carbocycles. The van der Waals surface area contributed by atoms with Crippen LogP contribution in [0.15, 0.2) is 48.7 Å². The fourth-order valence-corrected chi connectivity index (χ4v) is 3.41. The molecule has 0 radical (unpaired) electrons. The van der Waals surface area contributed by atoms with Gasteiger partial charge in [0.15, 0.2) is 11.5 Å². The largest absolute Gasteiger partial charge is 0.493 e. The summed E-state index contributed by atoms with van der Waals surface area (Å²) in [5, 5.41) is 4.02. The average Bonchev–Trinajstić information content (AvgIpc) is 3.15. The van der Waals surface area contributed by atoms with Crippen molar-refractivity contribution in [3.8, 4) is 11.5 Å². The van der Waals surface area contributed by atoms with Crippen molar-refractivity contribution in [1.82, 2.24) is 10.3 Å². The summed E-state index contributed by atoms with van der Waals surface area (Å²) in [6, 6.07) is 13.9. The van der Waals surface area contributed by atoms with E-state index in [-0.39, 0.29) is 11.8 Å². The van der Waals surface area contributed by atoms with Crippen LogP contribution in [-0.2, 0) is 9.53 Å². The molecule has 1 amide bonds. The first kappa shape index (κ1) is 19.8. The monoisotopic (exact) mass is 382 g/mol. The smallest absolute Gasteiger partial charge is 0.221 e. The molecule has 0 aliphatic heterocycles. The predicted molar refractivity (Wildman–Crippen MR) is 109 cm³/mol. The lowest BCUT2D eigenvalue weighted by Gasteiger charge is -2.19. The second-order valence-electron chi connectivity index (χ2n) is 6.50. The van der Waals surface area contributed by atoms with Crippen LogP contribution in [0.1, 0.15) is 23.5 Å². The SMILES string of the molecule is COCCNC(=O)C[C@H](c1ccc(OC)c(OC)c1)c1c[nH]c2ccccc12. The molecule has 0 saturated heterocycles. The van der Waals surface area contributed by atoms with E-state index in [2.05, 4.69) is 16.4 Å². The maximum atomic E-state index is 12.6. The Morgan fingerprint density at radius 2 is 1.86 bits per heavy atom. The van der Waals surface area contributed by atoms with Gasteiger partial charge in [-0.15, -0.1) is 0 Å². The minimum Gasteiger partial charge on any atom is -0.493 e. The van der Waals surface area contributed by atoms with E-state index in [0.29, 0.717) is 31.1 Å². The van der Waals surface area contributed by atoms with Gasteiger partial charge >= 0.3 is 0 Å². The third-order valence-electron chi connectivity index (χ3n) is 4.82. The van der Waals surface area contributed by atoms with E-state index < -0.39 is 0 Å². The molecule has 148 valence electrons. The van der Waals surface area contributed by atoms with Gasteiger partial charge < -0.3 is 24.5 Å². The Bertz CT molecular complexity index is 935. The number of amides is 1. The molecular weight excluding hydrogens is 356 g/mol. The molecule has 3 rings (SSSR count). The van der Waals surface area contributed by atoms with Crippen LogP contribution < -0.4 is 14.8 Å². The van der Waals surface area contributed by atoms with Crippen LogP contribution in [0.5, 0.6) is 11.5 Å². The van der Waals surface area contributed by atoms with Gasteiger partial charge in [-0.1, -0.05) is 24.3 Å². The topological polar surface area (TPSA) is 72.6 Å². The van der Waals surface area contributed by atoms with Crippen LogP contribution >= 0.6 is 0 Å². The fourth-order valence-electron chi connectivity index (χ4n) is 3.41. The molecule has 0 spiro atoms. The van der Waals surface area contributed by atoms with Crippen molar-refractivity contribution in [2.45, 2.75) is 12.3 Å². The van der Waals surface area contributed by atoms with Gasteiger partial charge in [-0.2, -0.15) is 0 Å². The first-order chi connectivity index (χ1) is 13.7. The Morgan fingerprint density at radius 3 is 2.61 bits per heavy atom. The molecule has 1 aromatic heterocycles. The number of para-hydroxylation sites is 1. The summed E-state index contributed by atoms with van der Waals surface area (Å²) >= 11 is 0. The van der Waals surface area contributed by atoms with Crippen LogP contribution in [0.4, 0.5) is 0 Å². The maximum absolute atomic E-state index is 12.6. The molecule has 0 aliphatic rings. The van der Waals surface area contributed by atoms with Crippen molar-refractivity contribution in [1.29, 1.82) is 0 Å². The highest BCUT2D eigenvalue weighted by Gasteiger charge is 2.22. The highest BCUT2D eigenvalue weighted by Crippen LogP contribution is 2.37. The Labute approximate surface area is 164 Å². The highest BCUT2D eigenvalue weighted by atomic mass is 16.5. The van der Waals surface area contributed by atoms with E-state index in [1.807, 2.05) is 42.6 Å². The standard InChI is InChI=1S/C22H26N2O4/c1-26-11-10-23-22(25)13-17(15-8-9-20(27-2)21(12-15)28-3)18-14-24-19-7-5-4-6-16(18)19/h4-9,12,14,17,24H,10-11,13H2,1-3H3,(H,23,25)/t17-/m1/s1. The van der Waals surface area contributed by atoms with Crippen molar-refractivity contribution < 1.29 is 19.0 Å². The quantitative estimate of drug-likeness (QED) is 0.556. The summed E-state index contributed by atoms with van der Waals surface area (Å²) in [6.07, 6.45) is 2.30. The van der Waals surface area contributed by atoms with E-state index >= 15 is 0 Å². The Hall–Kier alpha value is -2.99. The number of ether oxygens (including phenoxy) is 3. The van der Waals surface area contributed by atoms with Crippen molar-refractivity contribution in [2.24, 2.45) is 0 Å². The number of rotatable bonds is 9. The van der Waals surface area contributed by atoms with E-state index in [4.69, 9.17) is 14.2 Å². The first-order valence-electron chi connectivity index (χ1n) is 9.21. The molecule has 0 fully saturated rings. The van der Waals surface area contributed by atoms with Gasteiger partial charge in [0.25, 0.3) is 0 Å². The number of benzene rings is 2. The molecule has 0 aliphatic carbocycles. The molecule has 6 nitrogen and oxygen atoms in total. The summed E-state index contributed by atoms with van der Waals surface area (Å²) in [7, 11) is 4.84.